The monoisotopic (exact) mass is 443 g/mol. The number of fused-ring (bicyclic) bond motifs is 1. The van der Waals surface area contributed by atoms with Crippen LogP contribution in [0.2, 0.25) is 0 Å². The van der Waals surface area contributed by atoms with Crippen molar-refractivity contribution in [2.75, 3.05) is 25.0 Å². The van der Waals surface area contributed by atoms with E-state index in [0.717, 1.165) is 4.90 Å². The van der Waals surface area contributed by atoms with Gasteiger partial charge in [0, 0.05) is 31.7 Å². The summed E-state index contributed by atoms with van der Waals surface area (Å²) in [6.45, 7) is 4.46. The highest BCUT2D eigenvalue weighted by molar-refractivity contribution is 7.89. The lowest BCUT2D eigenvalue weighted by atomic mass is 10.1. The third-order valence-electron chi connectivity index (χ3n) is 5.15. The second kappa shape index (κ2) is 9.40. The van der Waals surface area contributed by atoms with Gasteiger partial charge >= 0.3 is 0 Å². The van der Waals surface area contributed by atoms with Crippen LogP contribution in [0.25, 0.3) is 0 Å². The third-order valence-corrected chi connectivity index (χ3v) is 7.21. The number of anilines is 1. The maximum absolute atomic E-state index is 12.5. The fourth-order valence-corrected chi connectivity index (χ4v) is 4.94. The van der Waals surface area contributed by atoms with Crippen LogP contribution in [0.15, 0.2) is 53.4 Å². The number of sulfonamides is 1. The van der Waals surface area contributed by atoms with Gasteiger partial charge in [-0.2, -0.15) is 4.31 Å². The predicted octanol–water partition coefficient (Wildman–Crippen LogP) is 2.73. The first-order valence-corrected chi connectivity index (χ1v) is 11.6. The van der Waals surface area contributed by atoms with E-state index in [0.29, 0.717) is 36.3 Å². The van der Waals surface area contributed by atoms with Gasteiger partial charge in [0.05, 0.1) is 16.0 Å². The van der Waals surface area contributed by atoms with E-state index in [1.165, 1.54) is 16.4 Å². The van der Waals surface area contributed by atoms with Gasteiger partial charge < -0.3 is 5.32 Å². The van der Waals surface area contributed by atoms with Crippen molar-refractivity contribution in [1.29, 1.82) is 0 Å². The Kier molecular flexibility index (Phi) is 6.87. The van der Waals surface area contributed by atoms with Crippen LogP contribution >= 0.6 is 0 Å². The number of amides is 3. The van der Waals surface area contributed by atoms with Gasteiger partial charge in [-0.3, -0.25) is 19.3 Å². The second-order valence-corrected chi connectivity index (χ2v) is 9.01. The molecule has 2 aromatic carbocycles. The van der Waals surface area contributed by atoms with Crippen LogP contribution < -0.4 is 5.32 Å². The highest BCUT2D eigenvalue weighted by Gasteiger charge is 2.34. The Hall–Kier alpha value is -3.04. The molecule has 1 aliphatic rings. The summed E-state index contributed by atoms with van der Waals surface area (Å²) in [5.41, 5.74) is 1.25. The van der Waals surface area contributed by atoms with Crippen molar-refractivity contribution in [2.24, 2.45) is 0 Å². The molecule has 0 saturated heterocycles. The van der Waals surface area contributed by atoms with Gasteiger partial charge in [-0.05, 0) is 42.8 Å². The Labute approximate surface area is 181 Å². The van der Waals surface area contributed by atoms with Gasteiger partial charge in [0.2, 0.25) is 15.9 Å². The maximum Gasteiger partial charge on any atom is 0.261 e. The average molecular weight is 444 g/mol. The molecule has 0 bridgehead atoms. The van der Waals surface area contributed by atoms with E-state index >= 15 is 0 Å². The van der Waals surface area contributed by atoms with E-state index in [-0.39, 0.29) is 35.6 Å². The summed E-state index contributed by atoms with van der Waals surface area (Å²) in [6.07, 6.45) is 0.443. The zero-order chi connectivity index (χ0) is 22.6. The van der Waals surface area contributed by atoms with Crippen molar-refractivity contribution in [3.63, 3.8) is 0 Å². The molecule has 0 aliphatic carbocycles. The molecule has 0 radical (unpaired) electrons. The number of imide groups is 1. The summed E-state index contributed by atoms with van der Waals surface area (Å²) in [5.74, 6) is -0.965. The van der Waals surface area contributed by atoms with E-state index in [1.807, 2.05) is 0 Å². The van der Waals surface area contributed by atoms with Crippen LogP contribution in [-0.2, 0) is 14.8 Å². The quantitative estimate of drug-likeness (QED) is 0.600. The Morgan fingerprint density at radius 1 is 0.935 bits per heavy atom. The molecular weight excluding hydrogens is 418 g/mol. The largest absolute Gasteiger partial charge is 0.326 e. The number of benzene rings is 2. The van der Waals surface area contributed by atoms with Crippen LogP contribution in [0.5, 0.6) is 0 Å². The fraction of sp³-hybridized carbons (Fsp3) is 0.318. The lowest BCUT2D eigenvalue weighted by Gasteiger charge is -2.18. The summed E-state index contributed by atoms with van der Waals surface area (Å²) < 4.78 is 26.4. The van der Waals surface area contributed by atoms with Gasteiger partial charge in [0.25, 0.3) is 11.8 Å². The Balaban J connectivity index is 1.53. The van der Waals surface area contributed by atoms with Crippen molar-refractivity contribution >= 4 is 33.4 Å². The van der Waals surface area contributed by atoms with Crippen molar-refractivity contribution in [2.45, 2.75) is 31.6 Å². The SMILES string of the molecule is CCN(CC)S(=O)(=O)c1ccc(NC(=O)CCCN2C(=O)c3ccccc3C2=O)cc1. The highest BCUT2D eigenvalue weighted by Crippen LogP contribution is 2.23. The lowest BCUT2D eigenvalue weighted by molar-refractivity contribution is -0.116. The number of hydrogen-bond acceptors (Lipinski definition) is 5. The number of hydrogen-bond donors (Lipinski definition) is 1. The predicted molar refractivity (Wildman–Crippen MR) is 116 cm³/mol. The van der Waals surface area contributed by atoms with Gasteiger partial charge in [-0.15, -0.1) is 0 Å². The molecule has 0 fully saturated rings. The minimum atomic E-state index is -3.55. The number of carbonyl (C=O) groups is 3. The van der Waals surface area contributed by atoms with Crippen LogP contribution in [-0.4, -0.2) is 55.0 Å². The van der Waals surface area contributed by atoms with Gasteiger partial charge in [-0.25, -0.2) is 8.42 Å². The second-order valence-electron chi connectivity index (χ2n) is 7.07. The molecule has 0 unspecified atom stereocenters. The van der Waals surface area contributed by atoms with Gasteiger partial charge in [0.15, 0.2) is 0 Å². The molecule has 0 atom stereocenters. The molecule has 164 valence electrons. The van der Waals surface area contributed by atoms with Crippen molar-refractivity contribution in [3.05, 3.63) is 59.7 Å². The van der Waals surface area contributed by atoms with E-state index in [4.69, 9.17) is 0 Å². The zero-order valence-corrected chi connectivity index (χ0v) is 18.3. The summed E-state index contributed by atoms with van der Waals surface area (Å²) >= 11 is 0. The summed E-state index contributed by atoms with van der Waals surface area (Å²) in [4.78, 5) is 38.2. The van der Waals surface area contributed by atoms with Gasteiger partial charge in [-0.1, -0.05) is 26.0 Å². The molecule has 2 aromatic rings. The minimum Gasteiger partial charge on any atom is -0.326 e. The number of rotatable bonds is 9. The molecular formula is C22H25N3O5S. The number of nitrogens with zero attached hydrogens (tertiary/aromatic N) is 2. The molecule has 31 heavy (non-hydrogen) atoms. The molecule has 1 N–H and O–H groups in total. The molecule has 1 heterocycles. The molecule has 3 rings (SSSR count). The van der Waals surface area contributed by atoms with Crippen molar-refractivity contribution in [1.82, 2.24) is 9.21 Å². The molecule has 0 spiro atoms. The molecule has 1 aliphatic heterocycles. The van der Waals surface area contributed by atoms with Crippen LogP contribution in [0.4, 0.5) is 5.69 Å². The normalized spacial score (nSPS) is 13.6. The number of carbonyl (C=O) groups excluding carboxylic acids is 3. The molecule has 0 aromatic heterocycles. The summed E-state index contributed by atoms with van der Waals surface area (Å²) in [6, 6.07) is 12.7. The van der Waals surface area contributed by atoms with Crippen LogP contribution in [0, 0.1) is 0 Å². The standard InChI is InChI=1S/C22H25N3O5S/c1-3-24(4-2)31(29,30)17-13-11-16(12-14-17)23-20(26)10-7-15-25-21(27)18-8-5-6-9-19(18)22(25)28/h5-6,8-9,11-14H,3-4,7,10,15H2,1-2H3,(H,23,26). The fourth-order valence-electron chi connectivity index (χ4n) is 3.49. The van der Waals surface area contributed by atoms with Crippen LogP contribution in [0.1, 0.15) is 47.4 Å². The van der Waals surface area contributed by atoms with Crippen LogP contribution in [0.3, 0.4) is 0 Å². The van der Waals surface area contributed by atoms with Crippen molar-refractivity contribution in [3.8, 4) is 0 Å². The number of nitrogens with one attached hydrogen (secondary N) is 1. The first-order valence-electron chi connectivity index (χ1n) is 10.1. The molecule has 8 nitrogen and oxygen atoms in total. The van der Waals surface area contributed by atoms with E-state index < -0.39 is 10.0 Å². The van der Waals surface area contributed by atoms with E-state index in [2.05, 4.69) is 5.32 Å². The maximum atomic E-state index is 12.5. The Morgan fingerprint density at radius 3 is 2.00 bits per heavy atom. The Morgan fingerprint density at radius 2 is 1.48 bits per heavy atom. The topological polar surface area (TPSA) is 104 Å². The average Bonchev–Trinajstić information content (AvgIpc) is 3.00. The van der Waals surface area contributed by atoms with Gasteiger partial charge in [0.1, 0.15) is 0 Å². The molecule has 0 saturated carbocycles. The van der Waals surface area contributed by atoms with Crippen molar-refractivity contribution < 1.29 is 22.8 Å². The first-order chi connectivity index (χ1) is 14.8. The Bertz CT molecular complexity index is 1060. The minimum absolute atomic E-state index is 0.118. The lowest BCUT2D eigenvalue weighted by Crippen LogP contribution is -2.31. The zero-order valence-electron chi connectivity index (χ0n) is 17.5. The summed E-state index contributed by atoms with van der Waals surface area (Å²) in [5, 5.41) is 2.71. The first kappa shape index (κ1) is 22.6. The van der Waals surface area contributed by atoms with E-state index in [1.54, 1.807) is 50.2 Å². The third kappa shape index (κ3) is 4.67. The smallest absolute Gasteiger partial charge is 0.261 e. The summed E-state index contributed by atoms with van der Waals surface area (Å²) in [7, 11) is -3.55. The molecule has 3 amide bonds. The molecule has 9 heteroatoms. The van der Waals surface area contributed by atoms with E-state index in [9.17, 15) is 22.8 Å². The highest BCUT2D eigenvalue weighted by atomic mass is 32.2.